The number of carbonyl (C=O) groups excluding carboxylic acids is 1. The van der Waals surface area contributed by atoms with Crippen molar-refractivity contribution in [1.29, 1.82) is 0 Å². The molecule has 0 radical (unpaired) electrons. The van der Waals surface area contributed by atoms with Crippen molar-refractivity contribution < 1.29 is 13.2 Å². The molecule has 4 N–H and O–H groups in total. The number of amides is 1. The van der Waals surface area contributed by atoms with Gasteiger partial charge in [-0.2, -0.15) is 4.99 Å². The van der Waals surface area contributed by atoms with E-state index in [2.05, 4.69) is 4.99 Å². The fourth-order valence-corrected chi connectivity index (χ4v) is 4.43. The average molecular weight is 377 g/mol. The Morgan fingerprint density at radius 1 is 1.08 bits per heavy atom. The number of guanidine groups is 1. The summed E-state index contributed by atoms with van der Waals surface area (Å²) in [6.45, 7) is 3.69. The van der Waals surface area contributed by atoms with E-state index in [1.54, 1.807) is 13.0 Å². The van der Waals surface area contributed by atoms with Crippen LogP contribution in [0, 0.1) is 13.8 Å². The van der Waals surface area contributed by atoms with Crippen LogP contribution in [0.3, 0.4) is 0 Å². The maximum atomic E-state index is 12.2. The van der Waals surface area contributed by atoms with E-state index >= 15 is 0 Å². The lowest BCUT2D eigenvalue weighted by Gasteiger charge is -2.12. The minimum absolute atomic E-state index is 0.0674. The largest absolute Gasteiger partial charge is 0.370 e. The number of carbonyl (C=O) groups is 1. The van der Waals surface area contributed by atoms with Crippen LogP contribution in [-0.4, -0.2) is 26.5 Å². The summed E-state index contributed by atoms with van der Waals surface area (Å²) in [7, 11) is -3.55. The lowest BCUT2D eigenvalue weighted by Crippen LogP contribution is -2.24. The quantitative estimate of drug-likeness (QED) is 0.624. The highest BCUT2D eigenvalue weighted by Gasteiger charge is 2.20. The second-order valence-corrected chi connectivity index (χ2v) is 8.74. The third-order valence-electron chi connectivity index (χ3n) is 3.40. The maximum absolute atomic E-state index is 12.2. The van der Waals surface area contributed by atoms with Gasteiger partial charge in [-0.15, -0.1) is 0 Å². The van der Waals surface area contributed by atoms with Crippen LogP contribution < -0.4 is 11.5 Å². The molecule has 0 saturated carbocycles. The molecule has 0 aliphatic heterocycles. The lowest BCUT2D eigenvalue weighted by molar-refractivity contribution is 0.100. The normalized spacial score (nSPS) is 11.2. The Kier molecular flexibility index (Phi) is 5.54. The number of nitrogens with zero attached hydrogens (tertiary/aromatic N) is 1. The van der Waals surface area contributed by atoms with Crippen molar-refractivity contribution in [2.75, 3.05) is 6.26 Å². The number of benzene rings is 2. The van der Waals surface area contributed by atoms with Crippen molar-refractivity contribution in [3.63, 3.8) is 0 Å². The van der Waals surface area contributed by atoms with Gasteiger partial charge in [0.1, 0.15) is 0 Å². The first kappa shape index (κ1) is 19.0. The van der Waals surface area contributed by atoms with Crippen LogP contribution in [0.15, 0.2) is 56.1 Å². The zero-order valence-electron chi connectivity index (χ0n) is 14.1. The zero-order chi connectivity index (χ0) is 18.8. The third kappa shape index (κ3) is 4.83. The summed E-state index contributed by atoms with van der Waals surface area (Å²) < 4.78 is 24.4. The fourth-order valence-electron chi connectivity index (χ4n) is 2.17. The molecule has 25 heavy (non-hydrogen) atoms. The van der Waals surface area contributed by atoms with E-state index < -0.39 is 15.7 Å². The SMILES string of the molecule is Cc1ccc(Sc2cc(C)c(C(=O)N=C(N)N)cc2S(C)(=O)=O)cc1. The van der Waals surface area contributed by atoms with E-state index in [1.807, 2.05) is 31.2 Å². The molecule has 6 nitrogen and oxygen atoms in total. The number of hydrogen-bond donors (Lipinski definition) is 2. The van der Waals surface area contributed by atoms with Gasteiger partial charge in [-0.1, -0.05) is 29.5 Å². The number of hydrogen-bond acceptors (Lipinski definition) is 4. The van der Waals surface area contributed by atoms with E-state index in [0.29, 0.717) is 10.5 Å². The van der Waals surface area contributed by atoms with Crippen molar-refractivity contribution in [3.05, 3.63) is 53.1 Å². The second kappa shape index (κ2) is 7.28. The summed E-state index contributed by atoms with van der Waals surface area (Å²) >= 11 is 1.32. The van der Waals surface area contributed by atoms with E-state index in [-0.39, 0.29) is 16.4 Å². The van der Waals surface area contributed by atoms with Gasteiger partial charge in [0.2, 0.25) is 0 Å². The molecule has 0 fully saturated rings. The highest BCUT2D eigenvalue weighted by atomic mass is 32.2. The number of nitrogens with two attached hydrogens (primary N) is 2. The molecule has 2 aromatic carbocycles. The van der Waals surface area contributed by atoms with Gasteiger partial charge >= 0.3 is 0 Å². The molecule has 0 bridgehead atoms. The predicted octanol–water partition coefficient (Wildman–Crippen LogP) is 2.27. The lowest BCUT2D eigenvalue weighted by atomic mass is 10.1. The summed E-state index contributed by atoms with van der Waals surface area (Å²) in [5.41, 5.74) is 12.3. The van der Waals surface area contributed by atoms with Gasteiger partial charge in [-0.05, 0) is 43.7 Å². The molecule has 8 heteroatoms. The Bertz CT molecular complexity index is 946. The van der Waals surface area contributed by atoms with Crippen molar-refractivity contribution in [3.8, 4) is 0 Å². The van der Waals surface area contributed by atoms with E-state index in [0.717, 1.165) is 16.7 Å². The average Bonchev–Trinajstić information content (AvgIpc) is 2.47. The summed E-state index contributed by atoms with van der Waals surface area (Å²) in [6.07, 6.45) is 1.10. The monoisotopic (exact) mass is 377 g/mol. The minimum atomic E-state index is -3.55. The Morgan fingerprint density at radius 3 is 2.20 bits per heavy atom. The van der Waals surface area contributed by atoms with Crippen LogP contribution in [0.5, 0.6) is 0 Å². The maximum Gasteiger partial charge on any atom is 0.280 e. The van der Waals surface area contributed by atoms with Crippen LogP contribution in [-0.2, 0) is 9.84 Å². The molecule has 0 atom stereocenters. The molecule has 2 rings (SSSR count). The molecule has 2 aromatic rings. The van der Waals surface area contributed by atoms with Gasteiger partial charge in [-0.3, -0.25) is 4.79 Å². The van der Waals surface area contributed by atoms with Crippen LogP contribution in [0.4, 0.5) is 0 Å². The molecule has 132 valence electrons. The molecular weight excluding hydrogens is 358 g/mol. The Balaban J connectivity index is 2.57. The summed E-state index contributed by atoms with van der Waals surface area (Å²) in [6, 6.07) is 10.7. The number of aliphatic imine (C=N–C) groups is 1. The van der Waals surface area contributed by atoms with Crippen molar-refractivity contribution in [2.45, 2.75) is 28.5 Å². The van der Waals surface area contributed by atoms with Crippen LogP contribution in [0.25, 0.3) is 0 Å². The van der Waals surface area contributed by atoms with E-state index in [1.165, 1.54) is 17.8 Å². The summed E-state index contributed by atoms with van der Waals surface area (Å²) in [4.78, 5) is 17.1. The van der Waals surface area contributed by atoms with Gasteiger partial charge < -0.3 is 11.5 Å². The minimum Gasteiger partial charge on any atom is -0.370 e. The highest BCUT2D eigenvalue weighted by molar-refractivity contribution is 8.00. The highest BCUT2D eigenvalue weighted by Crippen LogP contribution is 2.35. The first-order valence-corrected chi connectivity index (χ1v) is 10.0. The standard InChI is InChI=1S/C17H19N3O3S2/c1-10-4-6-12(7-5-10)24-14-8-11(2)13(16(21)20-17(18)19)9-15(14)25(3,22)23/h4-9H,1-3H3,(H4,18,19,20,21). The van der Waals surface area contributed by atoms with Crippen LogP contribution in [0.2, 0.25) is 0 Å². The molecule has 0 saturated heterocycles. The van der Waals surface area contributed by atoms with Gasteiger partial charge in [0, 0.05) is 21.6 Å². The van der Waals surface area contributed by atoms with Gasteiger partial charge in [0.05, 0.1) is 4.90 Å². The van der Waals surface area contributed by atoms with Gasteiger partial charge in [-0.25, -0.2) is 8.42 Å². The second-order valence-electron chi connectivity index (χ2n) is 5.64. The number of aryl methyl sites for hydroxylation is 2. The Hall–Kier alpha value is -2.32. The molecule has 0 heterocycles. The van der Waals surface area contributed by atoms with Crippen molar-refractivity contribution in [2.24, 2.45) is 16.5 Å². The molecular formula is C17H19N3O3S2. The van der Waals surface area contributed by atoms with Crippen molar-refractivity contribution in [1.82, 2.24) is 0 Å². The Morgan fingerprint density at radius 2 is 1.68 bits per heavy atom. The first-order chi connectivity index (χ1) is 11.6. The molecule has 0 spiro atoms. The van der Waals surface area contributed by atoms with Crippen LogP contribution in [0.1, 0.15) is 21.5 Å². The van der Waals surface area contributed by atoms with Crippen LogP contribution >= 0.6 is 11.8 Å². The molecule has 1 amide bonds. The zero-order valence-corrected chi connectivity index (χ0v) is 15.7. The first-order valence-electron chi connectivity index (χ1n) is 7.31. The van der Waals surface area contributed by atoms with Gasteiger partial charge in [0.25, 0.3) is 5.91 Å². The Labute approximate surface area is 151 Å². The molecule has 0 aliphatic rings. The van der Waals surface area contributed by atoms with E-state index in [9.17, 15) is 13.2 Å². The number of rotatable bonds is 4. The van der Waals surface area contributed by atoms with Crippen molar-refractivity contribution >= 4 is 33.5 Å². The molecule has 0 unspecified atom stereocenters. The fraction of sp³-hybridized carbons (Fsp3) is 0.176. The smallest absolute Gasteiger partial charge is 0.280 e. The topological polar surface area (TPSA) is 116 Å². The van der Waals surface area contributed by atoms with E-state index in [4.69, 9.17) is 11.5 Å². The summed E-state index contributed by atoms with van der Waals surface area (Å²) in [5.74, 6) is -1.04. The number of sulfone groups is 1. The third-order valence-corrected chi connectivity index (χ3v) is 5.73. The molecule has 0 aliphatic carbocycles. The summed E-state index contributed by atoms with van der Waals surface area (Å²) in [5, 5.41) is 0. The van der Waals surface area contributed by atoms with Gasteiger partial charge in [0.15, 0.2) is 15.8 Å². The predicted molar refractivity (Wildman–Crippen MR) is 99.7 cm³/mol. The molecule has 0 aromatic heterocycles.